The van der Waals surface area contributed by atoms with E-state index in [0.717, 1.165) is 46.3 Å². The Bertz CT molecular complexity index is 1100. The first kappa shape index (κ1) is 22.0. The summed E-state index contributed by atoms with van der Waals surface area (Å²) in [5.41, 5.74) is 3.55. The average Bonchev–Trinajstić information content (AvgIpc) is 3.20. The molecule has 1 aliphatic rings. The SMILES string of the molecule is CC(=O)c1nc(N2CCC[C@@H](NC(=O)Cc3ccccc3)C2)sc1Nc1ccccc1C. The molecule has 0 aliphatic carbocycles. The second-order valence-corrected chi connectivity index (χ2v) is 9.16. The number of hydrogen-bond donors (Lipinski definition) is 2. The maximum atomic E-state index is 12.5. The number of anilines is 3. The van der Waals surface area contributed by atoms with Crippen molar-refractivity contribution in [2.45, 2.75) is 39.2 Å². The Hall–Kier alpha value is -3.19. The van der Waals surface area contributed by atoms with Crippen molar-refractivity contribution in [3.8, 4) is 0 Å². The molecule has 1 aromatic heterocycles. The molecule has 0 radical (unpaired) electrons. The van der Waals surface area contributed by atoms with Crippen molar-refractivity contribution in [2.24, 2.45) is 0 Å². The summed E-state index contributed by atoms with van der Waals surface area (Å²) in [7, 11) is 0. The van der Waals surface area contributed by atoms with Crippen molar-refractivity contribution in [2.75, 3.05) is 23.3 Å². The number of carbonyl (C=O) groups excluding carboxylic acids is 2. The molecule has 0 unspecified atom stereocenters. The lowest BCUT2D eigenvalue weighted by atomic mass is 10.1. The maximum absolute atomic E-state index is 12.5. The Morgan fingerprint density at radius 2 is 1.88 bits per heavy atom. The second kappa shape index (κ2) is 9.96. The van der Waals surface area contributed by atoms with Gasteiger partial charge in [0.2, 0.25) is 5.91 Å². The quantitative estimate of drug-likeness (QED) is 0.512. The Labute approximate surface area is 192 Å². The number of aromatic nitrogens is 1. The number of nitrogens with zero attached hydrogens (tertiary/aromatic N) is 2. The van der Waals surface area contributed by atoms with Gasteiger partial charge in [-0.1, -0.05) is 59.9 Å². The smallest absolute Gasteiger partial charge is 0.224 e. The lowest BCUT2D eigenvalue weighted by Crippen LogP contribution is -2.48. The number of ketones is 1. The molecule has 7 heteroatoms. The topological polar surface area (TPSA) is 74.3 Å². The van der Waals surface area contributed by atoms with Crippen molar-refractivity contribution >= 4 is 38.8 Å². The summed E-state index contributed by atoms with van der Waals surface area (Å²) in [6.07, 6.45) is 2.29. The van der Waals surface area contributed by atoms with Gasteiger partial charge < -0.3 is 15.5 Å². The number of rotatable bonds is 7. The fraction of sp³-hybridized carbons (Fsp3) is 0.320. The van der Waals surface area contributed by atoms with E-state index in [1.165, 1.54) is 11.3 Å². The van der Waals surface area contributed by atoms with Crippen LogP contribution in [0.1, 0.15) is 41.4 Å². The minimum Gasteiger partial charge on any atom is -0.351 e. The minimum atomic E-state index is -0.0618. The number of carbonyl (C=O) groups is 2. The van der Waals surface area contributed by atoms with Crippen LogP contribution in [-0.4, -0.2) is 35.8 Å². The summed E-state index contributed by atoms with van der Waals surface area (Å²) in [5.74, 6) is -0.0261. The Morgan fingerprint density at radius 1 is 1.12 bits per heavy atom. The van der Waals surface area contributed by atoms with E-state index in [1.54, 1.807) is 6.92 Å². The third kappa shape index (κ3) is 5.34. The molecule has 1 atom stereocenters. The first-order chi connectivity index (χ1) is 15.5. The van der Waals surface area contributed by atoms with Crippen molar-refractivity contribution in [3.05, 3.63) is 71.4 Å². The van der Waals surface area contributed by atoms with Gasteiger partial charge in [-0.25, -0.2) is 4.98 Å². The largest absolute Gasteiger partial charge is 0.351 e. The summed E-state index contributed by atoms with van der Waals surface area (Å²) in [5, 5.41) is 8.14. The van der Waals surface area contributed by atoms with E-state index in [-0.39, 0.29) is 17.7 Å². The Morgan fingerprint density at radius 3 is 2.62 bits per heavy atom. The highest BCUT2D eigenvalue weighted by Gasteiger charge is 2.26. The predicted octanol–water partition coefficient (Wildman–Crippen LogP) is 4.73. The van der Waals surface area contributed by atoms with Crippen LogP contribution in [0, 0.1) is 6.92 Å². The van der Waals surface area contributed by atoms with Gasteiger partial charge in [-0.15, -0.1) is 0 Å². The molecule has 1 fully saturated rings. The summed E-state index contributed by atoms with van der Waals surface area (Å²) >= 11 is 1.49. The minimum absolute atomic E-state index is 0.0357. The Kier molecular flexibility index (Phi) is 6.85. The van der Waals surface area contributed by atoms with Crippen molar-refractivity contribution < 1.29 is 9.59 Å². The molecule has 2 N–H and O–H groups in total. The first-order valence-corrected chi connectivity index (χ1v) is 11.7. The zero-order chi connectivity index (χ0) is 22.5. The lowest BCUT2D eigenvalue weighted by Gasteiger charge is -2.33. The molecule has 1 amide bonds. The van der Waals surface area contributed by atoms with E-state index in [4.69, 9.17) is 0 Å². The summed E-state index contributed by atoms with van der Waals surface area (Å²) in [6.45, 7) is 5.13. The highest BCUT2D eigenvalue weighted by atomic mass is 32.1. The number of nitrogens with one attached hydrogen (secondary N) is 2. The normalized spacial score (nSPS) is 15.9. The molecule has 166 valence electrons. The van der Waals surface area contributed by atoms with Crippen LogP contribution >= 0.6 is 11.3 Å². The van der Waals surface area contributed by atoms with Gasteiger partial charge in [0.1, 0.15) is 10.7 Å². The molecule has 1 aliphatic heterocycles. The van der Waals surface area contributed by atoms with Gasteiger partial charge in [0, 0.05) is 31.7 Å². The summed E-state index contributed by atoms with van der Waals surface area (Å²) in [4.78, 5) is 31.6. The standard InChI is InChI=1S/C25H28N4O2S/c1-17-9-6-7-13-21(17)27-24-23(18(2)30)28-25(32-24)29-14-8-12-20(16-29)26-22(31)15-19-10-4-3-5-11-19/h3-7,9-11,13,20,27H,8,12,14-16H2,1-2H3,(H,26,31)/t20-/m1/s1. The maximum Gasteiger partial charge on any atom is 0.224 e. The highest BCUT2D eigenvalue weighted by Crippen LogP contribution is 2.35. The van der Waals surface area contributed by atoms with Crippen LogP contribution in [0.25, 0.3) is 0 Å². The van der Waals surface area contributed by atoms with Crippen LogP contribution in [0.3, 0.4) is 0 Å². The third-order valence-electron chi connectivity index (χ3n) is 5.61. The fourth-order valence-electron chi connectivity index (χ4n) is 3.93. The van der Waals surface area contributed by atoms with Gasteiger partial charge in [-0.05, 0) is 37.0 Å². The van der Waals surface area contributed by atoms with Gasteiger partial charge in [0.25, 0.3) is 0 Å². The number of Topliss-reactive ketones (excluding diaryl/α,β-unsaturated/α-hetero) is 1. The van der Waals surface area contributed by atoms with Crippen LogP contribution < -0.4 is 15.5 Å². The number of benzene rings is 2. The molecule has 4 rings (SSSR count). The van der Waals surface area contributed by atoms with Crippen LogP contribution in [0.15, 0.2) is 54.6 Å². The molecular weight excluding hydrogens is 420 g/mol. The van der Waals surface area contributed by atoms with Gasteiger partial charge in [0.15, 0.2) is 10.9 Å². The van der Waals surface area contributed by atoms with Gasteiger partial charge in [0.05, 0.1) is 6.42 Å². The zero-order valence-corrected chi connectivity index (χ0v) is 19.2. The lowest BCUT2D eigenvalue weighted by molar-refractivity contribution is -0.121. The van der Waals surface area contributed by atoms with Crippen molar-refractivity contribution in [1.82, 2.24) is 10.3 Å². The van der Waals surface area contributed by atoms with E-state index in [2.05, 4.69) is 20.5 Å². The van der Waals surface area contributed by atoms with E-state index in [1.807, 2.05) is 61.5 Å². The molecule has 0 bridgehead atoms. The number of thiazole rings is 1. The number of para-hydroxylation sites is 1. The number of aryl methyl sites for hydroxylation is 1. The van der Waals surface area contributed by atoms with Gasteiger partial charge in [-0.3, -0.25) is 9.59 Å². The molecule has 6 nitrogen and oxygen atoms in total. The Balaban J connectivity index is 1.45. The zero-order valence-electron chi connectivity index (χ0n) is 18.4. The molecule has 0 spiro atoms. The van der Waals surface area contributed by atoms with Crippen LogP contribution in [0.5, 0.6) is 0 Å². The van der Waals surface area contributed by atoms with Crippen LogP contribution in [0.4, 0.5) is 15.8 Å². The molecular formula is C25H28N4O2S. The monoisotopic (exact) mass is 448 g/mol. The molecule has 1 saturated heterocycles. The molecule has 2 aromatic carbocycles. The molecule has 3 aromatic rings. The van der Waals surface area contributed by atoms with Crippen LogP contribution in [0.2, 0.25) is 0 Å². The first-order valence-electron chi connectivity index (χ1n) is 10.9. The molecule has 2 heterocycles. The highest BCUT2D eigenvalue weighted by molar-refractivity contribution is 7.20. The van der Waals surface area contributed by atoms with E-state index in [9.17, 15) is 9.59 Å². The van der Waals surface area contributed by atoms with E-state index < -0.39 is 0 Å². The predicted molar refractivity (Wildman–Crippen MR) is 130 cm³/mol. The molecule has 32 heavy (non-hydrogen) atoms. The van der Waals surface area contributed by atoms with Gasteiger partial charge >= 0.3 is 0 Å². The summed E-state index contributed by atoms with van der Waals surface area (Å²) in [6, 6.07) is 17.8. The van der Waals surface area contributed by atoms with E-state index >= 15 is 0 Å². The summed E-state index contributed by atoms with van der Waals surface area (Å²) < 4.78 is 0. The second-order valence-electron chi connectivity index (χ2n) is 8.19. The molecule has 0 saturated carbocycles. The van der Waals surface area contributed by atoms with Crippen LogP contribution in [-0.2, 0) is 11.2 Å². The fourth-order valence-corrected chi connectivity index (χ4v) is 4.99. The number of amides is 1. The van der Waals surface area contributed by atoms with E-state index in [0.29, 0.717) is 18.7 Å². The number of hydrogen-bond acceptors (Lipinski definition) is 6. The van der Waals surface area contributed by atoms with Crippen molar-refractivity contribution in [1.29, 1.82) is 0 Å². The van der Waals surface area contributed by atoms with Crippen molar-refractivity contribution in [3.63, 3.8) is 0 Å². The number of piperidine rings is 1. The average molecular weight is 449 g/mol. The van der Waals surface area contributed by atoms with Gasteiger partial charge in [-0.2, -0.15) is 0 Å². The third-order valence-corrected chi connectivity index (χ3v) is 6.64.